The lowest BCUT2D eigenvalue weighted by Gasteiger charge is -2.24. The second-order valence-corrected chi connectivity index (χ2v) is 5.98. The molecule has 4 nitrogen and oxygen atoms in total. The molecule has 2 fully saturated rings. The van der Waals surface area contributed by atoms with Crippen LogP contribution in [-0.4, -0.2) is 42.3 Å². The molecule has 2 atom stereocenters. The van der Waals surface area contributed by atoms with E-state index in [1.165, 1.54) is 19.4 Å². The van der Waals surface area contributed by atoms with Gasteiger partial charge in [-0.15, -0.1) is 0 Å². The number of quaternary nitrogens is 1. The number of carbonyl (C=O) groups excluding carboxylic acids is 1. The number of nitrogens with zero attached hydrogens (tertiary/aromatic N) is 1. The van der Waals surface area contributed by atoms with E-state index < -0.39 is 0 Å². The third kappa shape index (κ3) is 2.67. The summed E-state index contributed by atoms with van der Waals surface area (Å²) in [6.45, 7) is 8.71. The van der Waals surface area contributed by atoms with Crippen molar-refractivity contribution in [2.75, 3.05) is 19.6 Å². The summed E-state index contributed by atoms with van der Waals surface area (Å²) >= 11 is 0. The van der Waals surface area contributed by atoms with Crippen LogP contribution in [-0.2, 0) is 4.74 Å². The molecule has 0 aliphatic carbocycles. The minimum Gasteiger partial charge on any atom is -0.444 e. The molecule has 4 heteroatoms. The average molecular weight is 227 g/mol. The summed E-state index contributed by atoms with van der Waals surface area (Å²) < 4.78 is 5.40. The number of piperidine rings is 1. The Balaban J connectivity index is 1.90. The van der Waals surface area contributed by atoms with E-state index in [0.29, 0.717) is 12.0 Å². The zero-order chi connectivity index (χ0) is 11.8. The van der Waals surface area contributed by atoms with Gasteiger partial charge in [0.1, 0.15) is 11.6 Å². The molecule has 1 amide bonds. The van der Waals surface area contributed by atoms with Crippen molar-refractivity contribution in [1.82, 2.24) is 4.90 Å². The fraction of sp³-hybridized carbons (Fsp3) is 0.917. The lowest BCUT2D eigenvalue weighted by Crippen LogP contribution is -2.93. The number of hydrogen-bond donors (Lipinski definition) is 1. The largest absolute Gasteiger partial charge is 0.444 e. The minimum absolute atomic E-state index is 0.143. The summed E-state index contributed by atoms with van der Waals surface area (Å²) in [6, 6.07) is 0.612. The molecule has 16 heavy (non-hydrogen) atoms. The highest BCUT2D eigenvalue weighted by Crippen LogP contribution is 2.23. The van der Waals surface area contributed by atoms with Gasteiger partial charge in [0.15, 0.2) is 0 Å². The molecule has 2 aliphatic heterocycles. The molecular formula is C12H23N2O2+. The maximum atomic E-state index is 11.9. The molecule has 2 rings (SSSR count). The van der Waals surface area contributed by atoms with Crippen LogP contribution in [0, 0.1) is 5.92 Å². The Morgan fingerprint density at radius 2 is 2.12 bits per heavy atom. The summed E-state index contributed by atoms with van der Waals surface area (Å²) in [4.78, 5) is 13.8. The normalized spacial score (nSPS) is 30.1. The van der Waals surface area contributed by atoms with Gasteiger partial charge in [-0.3, -0.25) is 0 Å². The number of rotatable bonds is 0. The van der Waals surface area contributed by atoms with E-state index in [1.54, 1.807) is 0 Å². The molecular weight excluding hydrogens is 204 g/mol. The number of likely N-dealkylation sites (tertiary alicyclic amines) is 1. The summed E-state index contributed by atoms with van der Waals surface area (Å²) in [5.74, 6) is 0.682. The Labute approximate surface area is 97.3 Å². The van der Waals surface area contributed by atoms with Crippen LogP contribution < -0.4 is 5.32 Å². The molecule has 0 aromatic carbocycles. The first-order valence-corrected chi connectivity index (χ1v) is 6.27. The highest BCUT2D eigenvalue weighted by molar-refractivity contribution is 5.68. The van der Waals surface area contributed by atoms with Gasteiger partial charge in [-0.05, 0) is 33.6 Å². The molecule has 2 heterocycles. The Bertz CT molecular complexity index is 259. The predicted octanol–water partition coefficient (Wildman–Crippen LogP) is 0.579. The van der Waals surface area contributed by atoms with E-state index in [-0.39, 0.29) is 11.7 Å². The molecule has 92 valence electrons. The van der Waals surface area contributed by atoms with E-state index in [4.69, 9.17) is 4.74 Å². The topological polar surface area (TPSA) is 46.1 Å². The Hall–Kier alpha value is -0.770. The third-order valence-electron chi connectivity index (χ3n) is 3.39. The quantitative estimate of drug-likeness (QED) is 0.658. The molecule has 0 saturated carbocycles. The van der Waals surface area contributed by atoms with Crippen LogP contribution in [0.25, 0.3) is 0 Å². The molecule has 0 unspecified atom stereocenters. The van der Waals surface area contributed by atoms with Crippen LogP contribution >= 0.6 is 0 Å². The summed E-state index contributed by atoms with van der Waals surface area (Å²) in [6.07, 6.45) is 2.40. The van der Waals surface area contributed by atoms with Gasteiger partial charge in [-0.2, -0.15) is 0 Å². The van der Waals surface area contributed by atoms with Crippen molar-refractivity contribution in [2.45, 2.75) is 45.3 Å². The van der Waals surface area contributed by atoms with E-state index in [2.05, 4.69) is 5.32 Å². The zero-order valence-corrected chi connectivity index (χ0v) is 10.5. The van der Waals surface area contributed by atoms with Gasteiger partial charge < -0.3 is 15.0 Å². The third-order valence-corrected chi connectivity index (χ3v) is 3.39. The van der Waals surface area contributed by atoms with Gasteiger partial charge in [0.25, 0.3) is 0 Å². The van der Waals surface area contributed by atoms with E-state index in [1.807, 2.05) is 25.7 Å². The molecule has 0 radical (unpaired) electrons. The molecule has 2 aliphatic rings. The summed E-state index contributed by atoms with van der Waals surface area (Å²) in [5.41, 5.74) is -0.380. The van der Waals surface area contributed by atoms with Crippen LogP contribution in [0.15, 0.2) is 0 Å². The van der Waals surface area contributed by atoms with Gasteiger partial charge in [-0.1, -0.05) is 0 Å². The van der Waals surface area contributed by atoms with Gasteiger partial charge in [0.05, 0.1) is 13.1 Å². The van der Waals surface area contributed by atoms with Crippen LogP contribution in [0.3, 0.4) is 0 Å². The van der Waals surface area contributed by atoms with Crippen molar-refractivity contribution in [3.05, 3.63) is 0 Å². The Morgan fingerprint density at radius 3 is 2.75 bits per heavy atom. The lowest BCUT2D eigenvalue weighted by atomic mass is 9.94. The Morgan fingerprint density at radius 1 is 1.38 bits per heavy atom. The second kappa shape index (κ2) is 4.24. The summed E-state index contributed by atoms with van der Waals surface area (Å²) in [5, 5.41) is 2.39. The average Bonchev–Trinajstić information content (AvgIpc) is 2.58. The maximum Gasteiger partial charge on any atom is 0.410 e. The predicted molar refractivity (Wildman–Crippen MR) is 61.1 cm³/mol. The fourth-order valence-corrected chi connectivity index (χ4v) is 2.66. The molecule has 0 aromatic rings. The van der Waals surface area contributed by atoms with Crippen molar-refractivity contribution >= 4 is 6.09 Å². The summed E-state index contributed by atoms with van der Waals surface area (Å²) in [7, 11) is 0. The highest BCUT2D eigenvalue weighted by atomic mass is 16.6. The van der Waals surface area contributed by atoms with E-state index in [9.17, 15) is 4.79 Å². The van der Waals surface area contributed by atoms with E-state index >= 15 is 0 Å². The van der Waals surface area contributed by atoms with Crippen molar-refractivity contribution in [3.8, 4) is 0 Å². The first kappa shape index (κ1) is 11.7. The van der Waals surface area contributed by atoms with Crippen molar-refractivity contribution in [1.29, 1.82) is 0 Å². The molecule has 0 bridgehead atoms. The fourth-order valence-electron chi connectivity index (χ4n) is 2.66. The van der Waals surface area contributed by atoms with E-state index in [0.717, 1.165) is 13.1 Å². The number of ether oxygens (including phenoxy) is 1. The van der Waals surface area contributed by atoms with Crippen LogP contribution in [0.2, 0.25) is 0 Å². The number of nitrogens with two attached hydrogens (primary N) is 1. The molecule has 0 aromatic heterocycles. The van der Waals surface area contributed by atoms with Crippen molar-refractivity contribution in [3.63, 3.8) is 0 Å². The lowest BCUT2D eigenvalue weighted by molar-refractivity contribution is -0.699. The number of fused-ring (bicyclic) bond motifs is 1. The monoisotopic (exact) mass is 227 g/mol. The number of hydrogen-bond acceptors (Lipinski definition) is 2. The van der Waals surface area contributed by atoms with Crippen LogP contribution in [0.4, 0.5) is 4.79 Å². The van der Waals surface area contributed by atoms with Gasteiger partial charge in [0, 0.05) is 12.5 Å². The zero-order valence-electron chi connectivity index (χ0n) is 10.5. The van der Waals surface area contributed by atoms with Crippen LogP contribution in [0.5, 0.6) is 0 Å². The highest BCUT2D eigenvalue weighted by Gasteiger charge is 2.40. The van der Waals surface area contributed by atoms with Crippen molar-refractivity contribution in [2.24, 2.45) is 5.92 Å². The van der Waals surface area contributed by atoms with Gasteiger partial charge >= 0.3 is 6.09 Å². The van der Waals surface area contributed by atoms with Crippen molar-refractivity contribution < 1.29 is 14.8 Å². The SMILES string of the molecule is CC(C)(C)OC(=O)N1C[C@@H]2CCC[NH2+][C@@H]2C1. The van der Waals surface area contributed by atoms with Crippen LogP contribution in [0.1, 0.15) is 33.6 Å². The minimum atomic E-state index is -0.380. The number of amides is 1. The first-order valence-electron chi connectivity index (χ1n) is 6.27. The molecule has 2 N–H and O–H groups in total. The smallest absolute Gasteiger partial charge is 0.410 e. The number of carbonyl (C=O) groups is 1. The molecule has 2 saturated heterocycles. The molecule has 0 spiro atoms. The second-order valence-electron chi connectivity index (χ2n) is 5.98. The Kier molecular flexibility index (Phi) is 3.10. The van der Waals surface area contributed by atoms with Gasteiger partial charge in [-0.25, -0.2) is 4.79 Å². The standard InChI is InChI=1S/C12H22N2O2/c1-12(2,3)16-11(15)14-7-9-5-4-6-13-10(9)8-14/h9-10,13H,4-8H2,1-3H3/p+1/t9-,10+/m0/s1. The maximum absolute atomic E-state index is 11.9. The first-order chi connectivity index (χ1) is 7.46. The van der Waals surface area contributed by atoms with Gasteiger partial charge in [0.2, 0.25) is 0 Å².